The first-order valence-corrected chi connectivity index (χ1v) is 12.4. The predicted molar refractivity (Wildman–Crippen MR) is 143 cm³/mol. The summed E-state index contributed by atoms with van der Waals surface area (Å²) in [4.78, 5) is 37.8. The maximum atomic E-state index is 13.2. The molecule has 1 saturated heterocycles. The minimum absolute atomic E-state index is 0.238. The average molecular weight is 499 g/mol. The number of carbonyl (C=O) groups excluding carboxylic acids is 2. The van der Waals surface area contributed by atoms with Crippen LogP contribution in [-0.2, 0) is 6.54 Å². The summed E-state index contributed by atoms with van der Waals surface area (Å²) in [5.41, 5.74) is 4.91. The number of benzene rings is 1. The number of urea groups is 1. The van der Waals surface area contributed by atoms with E-state index >= 15 is 0 Å². The SMILES string of the molecule is CN(C)C(=O)Nc1cncc(-c2ccc3[nH]nc(C(=O)Nc4ccnc(CN5CCCCC5)c4)c3c2)c1. The summed E-state index contributed by atoms with van der Waals surface area (Å²) >= 11 is 0. The number of H-pyrrole nitrogens is 1. The molecule has 1 aromatic carbocycles. The van der Waals surface area contributed by atoms with Gasteiger partial charge in [0.1, 0.15) is 0 Å². The van der Waals surface area contributed by atoms with Gasteiger partial charge in [0.25, 0.3) is 5.91 Å². The largest absolute Gasteiger partial charge is 0.331 e. The van der Waals surface area contributed by atoms with Gasteiger partial charge in [-0.2, -0.15) is 5.10 Å². The smallest absolute Gasteiger partial charge is 0.321 e. The van der Waals surface area contributed by atoms with Crippen molar-refractivity contribution in [1.29, 1.82) is 0 Å². The molecule has 1 aliphatic heterocycles. The quantitative estimate of drug-likeness (QED) is 0.364. The van der Waals surface area contributed by atoms with Crippen molar-refractivity contribution >= 4 is 34.2 Å². The third-order valence-corrected chi connectivity index (χ3v) is 6.42. The van der Waals surface area contributed by atoms with E-state index in [0.29, 0.717) is 22.5 Å². The molecule has 3 N–H and O–H groups in total. The van der Waals surface area contributed by atoms with Crippen LogP contribution in [0.25, 0.3) is 22.0 Å². The molecular weight excluding hydrogens is 468 g/mol. The maximum absolute atomic E-state index is 13.2. The van der Waals surface area contributed by atoms with Crippen molar-refractivity contribution in [3.8, 4) is 11.1 Å². The Balaban J connectivity index is 1.35. The minimum Gasteiger partial charge on any atom is -0.331 e. The molecule has 4 aromatic rings. The fourth-order valence-electron chi connectivity index (χ4n) is 4.45. The van der Waals surface area contributed by atoms with E-state index in [9.17, 15) is 9.59 Å². The molecule has 4 heterocycles. The number of nitrogens with one attached hydrogen (secondary N) is 3. The molecule has 0 unspecified atom stereocenters. The molecule has 3 aromatic heterocycles. The number of amides is 3. The molecule has 3 amide bonds. The zero-order chi connectivity index (χ0) is 25.8. The van der Waals surface area contributed by atoms with Gasteiger partial charge in [0.05, 0.1) is 23.1 Å². The summed E-state index contributed by atoms with van der Waals surface area (Å²) < 4.78 is 0. The highest BCUT2D eigenvalue weighted by atomic mass is 16.2. The van der Waals surface area contributed by atoms with Crippen LogP contribution in [0.2, 0.25) is 0 Å². The van der Waals surface area contributed by atoms with Gasteiger partial charge in [0.15, 0.2) is 5.69 Å². The molecular formula is C27H30N8O2. The van der Waals surface area contributed by atoms with E-state index in [1.54, 1.807) is 38.8 Å². The van der Waals surface area contributed by atoms with Crippen LogP contribution < -0.4 is 10.6 Å². The van der Waals surface area contributed by atoms with Gasteiger partial charge < -0.3 is 15.5 Å². The molecule has 10 heteroatoms. The van der Waals surface area contributed by atoms with Gasteiger partial charge in [0, 0.05) is 49.7 Å². The number of anilines is 2. The van der Waals surface area contributed by atoms with E-state index < -0.39 is 0 Å². The maximum Gasteiger partial charge on any atom is 0.321 e. The topological polar surface area (TPSA) is 119 Å². The Kier molecular flexibility index (Phi) is 7.09. The minimum atomic E-state index is -0.302. The van der Waals surface area contributed by atoms with Gasteiger partial charge in [-0.25, -0.2) is 4.79 Å². The van der Waals surface area contributed by atoms with Crippen LogP contribution in [0.5, 0.6) is 0 Å². The Bertz CT molecular complexity index is 1420. The van der Waals surface area contributed by atoms with Gasteiger partial charge in [-0.3, -0.25) is 24.8 Å². The van der Waals surface area contributed by atoms with Gasteiger partial charge in [-0.05, 0) is 61.8 Å². The van der Waals surface area contributed by atoms with Gasteiger partial charge in [-0.1, -0.05) is 12.5 Å². The molecule has 10 nitrogen and oxygen atoms in total. The van der Waals surface area contributed by atoms with Crippen LogP contribution in [0.1, 0.15) is 35.4 Å². The van der Waals surface area contributed by atoms with Crippen LogP contribution in [0, 0.1) is 0 Å². The summed E-state index contributed by atoms with van der Waals surface area (Å²) in [5, 5.41) is 13.7. The Labute approximate surface area is 215 Å². The standard InChI is InChI=1S/C27H30N8O2/c1-34(2)27(37)31-21-12-19(15-28-16-21)18-6-7-24-23(13-18)25(33-32-24)26(36)30-20-8-9-29-22(14-20)17-35-10-4-3-5-11-35/h6-9,12-16H,3-5,10-11,17H2,1-2H3,(H,31,37)(H,32,33)(H,29,30,36). The van der Waals surface area contributed by atoms with E-state index in [1.807, 2.05) is 30.3 Å². The number of fused-ring (bicyclic) bond motifs is 1. The number of aromatic amines is 1. The van der Waals surface area contributed by atoms with E-state index in [0.717, 1.165) is 42.0 Å². The monoisotopic (exact) mass is 498 g/mol. The van der Waals surface area contributed by atoms with E-state index in [4.69, 9.17) is 0 Å². The Hall–Kier alpha value is -4.31. The Morgan fingerprint density at radius 3 is 2.62 bits per heavy atom. The van der Waals surface area contributed by atoms with E-state index in [2.05, 4.69) is 35.7 Å². The number of carbonyl (C=O) groups is 2. The first-order valence-electron chi connectivity index (χ1n) is 12.4. The molecule has 0 spiro atoms. The Morgan fingerprint density at radius 1 is 0.973 bits per heavy atom. The number of aromatic nitrogens is 4. The summed E-state index contributed by atoms with van der Waals surface area (Å²) in [6.07, 6.45) is 8.76. The summed E-state index contributed by atoms with van der Waals surface area (Å²) in [5.74, 6) is -0.302. The van der Waals surface area contributed by atoms with Crippen molar-refractivity contribution in [2.24, 2.45) is 0 Å². The second-order valence-electron chi connectivity index (χ2n) is 9.45. The highest BCUT2D eigenvalue weighted by molar-refractivity contribution is 6.11. The first kappa shape index (κ1) is 24.4. The van der Waals surface area contributed by atoms with Gasteiger partial charge in [-0.15, -0.1) is 0 Å². The molecule has 0 atom stereocenters. The summed E-state index contributed by atoms with van der Waals surface area (Å²) in [6.45, 7) is 2.95. The molecule has 190 valence electrons. The third-order valence-electron chi connectivity index (χ3n) is 6.42. The third kappa shape index (κ3) is 5.75. The van der Waals surface area contributed by atoms with Crippen LogP contribution in [0.3, 0.4) is 0 Å². The highest BCUT2D eigenvalue weighted by Crippen LogP contribution is 2.27. The normalized spacial score (nSPS) is 13.9. The van der Waals surface area contributed by atoms with Crippen molar-refractivity contribution in [3.05, 3.63) is 66.4 Å². The molecule has 37 heavy (non-hydrogen) atoms. The summed E-state index contributed by atoms with van der Waals surface area (Å²) in [7, 11) is 3.35. The zero-order valence-corrected chi connectivity index (χ0v) is 21.0. The van der Waals surface area contributed by atoms with Crippen molar-refractivity contribution < 1.29 is 9.59 Å². The zero-order valence-electron chi connectivity index (χ0n) is 21.0. The van der Waals surface area contributed by atoms with Crippen molar-refractivity contribution in [2.45, 2.75) is 25.8 Å². The predicted octanol–water partition coefficient (Wildman–Crippen LogP) is 4.35. The van der Waals surface area contributed by atoms with Gasteiger partial charge in [0.2, 0.25) is 0 Å². The van der Waals surface area contributed by atoms with Crippen LogP contribution >= 0.6 is 0 Å². The lowest BCUT2D eigenvalue weighted by Gasteiger charge is -2.26. The lowest BCUT2D eigenvalue weighted by molar-refractivity contribution is 0.102. The fourth-order valence-corrected chi connectivity index (χ4v) is 4.45. The lowest BCUT2D eigenvalue weighted by Crippen LogP contribution is -2.29. The second-order valence-corrected chi connectivity index (χ2v) is 9.45. The van der Waals surface area contributed by atoms with Crippen molar-refractivity contribution in [2.75, 3.05) is 37.8 Å². The average Bonchev–Trinajstić information content (AvgIpc) is 3.33. The molecule has 0 aliphatic carbocycles. The lowest BCUT2D eigenvalue weighted by atomic mass is 10.0. The number of pyridine rings is 2. The molecule has 5 rings (SSSR count). The van der Waals surface area contributed by atoms with Crippen molar-refractivity contribution in [3.63, 3.8) is 0 Å². The van der Waals surface area contributed by atoms with Crippen LogP contribution in [0.15, 0.2) is 55.0 Å². The van der Waals surface area contributed by atoms with Crippen LogP contribution in [0.4, 0.5) is 16.2 Å². The molecule has 0 radical (unpaired) electrons. The molecule has 0 saturated carbocycles. The van der Waals surface area contributed by atoms with E-state index in [1.165, 1.54) is 24.2 Å². The van der Waals surface area contributed by atoms with Crippen LogP contribution in [-0.4, -0.2) is 69.1 Å². The fraction of sp³-hybridized carbons (Fsp3) is 0.296. The number of piperidine rings is 1. The van der Waals surface area contributed by atoms with E-state index in [-0.39, 0.29) is 11.9 Å². The molecule has 1 aliphatic rings. The molecule has 0 bridgehead atoms. The number of rotatable bonds is 6. The first-order chi connectivity index (χ1) is 18.0. The number of hydrogen-bond donors (Lipinski definition) is 3. The summed E-state index contributed by atoms with van der Waals surface area (Å²) in [6, 6.07) is 11.0. The molecule has 1 fully saturated rings. The number of nitrogens with zero attached hydrogens (tertiary/aromatic N) is 5. The van der Waals surface area contributed by atoms with Gasteiger partial charge >= 0.3 is 6.03 Å². The van der Waals surface area contributed by atoms with Crippen molar-refractivity contribution in [1.82, 2.24) is 30.0 Å². The Morgan fingerprint density at radius 2 is 1.81 bits per heavy atom. The number of likely N-dealkylation sites (tertiary alicyclic amines) is 1. The highest BCUT2D eigenvalue weighted by Gasteiger charge is 2.17. The number of hydrogen-bond acceptors (Lipinski definition) is 6. The second kappa shape index (κ2) is 10.8.